The molecule has 0 spiro atoms. The van der Waals surface area contributed by atoms with Crippen molar-refractivity contribution in [1.29, 1.82) is 0 Å². The van der Waals surface area contributed by atoms with Crippen LogP contribution in [-0.2, 0) is 4.79 Å². The number of nitrogens with zero attached hydrogens (tertiary/aromatic N) is 4. The number of anilines is 1. The average Bonchev–Trinajstić information content (AvgIpc) is 3.11. The lowest BCUT2D eigenvalue weighted by molar-refractivity contribution is -0.110. The number of rotatable bonds is 8. The van der Waals surface area contributed by atoms with Crippen LogP contribution in [0.2, 0.25) is 0 Å². The van der Waals surface area contributed by atoms with Gasteiger partial charge in [-0.3, -0.25) is 9.79 Å². The van der Waals surface area contributed by atoms with Crippen LogP contribution in [0.15, 0.2) is 28.7 Å². The third-order valence-corrected chi connectivity index (χ3v) is 6.30. The van der Waals surface area contributed by atoms with Crippen molar-refractivity contribution in [2.75, 3.05) is 30.8 Å². The molecule has 0 radical (unpaired) electrons. The Morgan fingerprint density at radius 3 is 2.97 bits per heavy atom. The van der Waals surface area contributed by atoms with Gasteiger partial charge in [-0.05, 0) is 38.1 Å². The summed E-state index contributed by atoms with van der Waals surface area (Å²) < 4.78 is 0. The predicted octanol–water partition coefficient (Wildman–Crippen LogP) is 2.57. The van der Waals surface area contributed by atoms with E-state index in [4.69, 9.17) is 0 Å². The quantitative estimate of drug-likeness (QED) is 0.279. The van der Waals surface area contributed by atoms with E-state index in [9.17, 15) is 9.59 Å². The van der Waals surface area contributed by atoms with E-state index in [1.165, 1.54) is 0 Å². The highest BCUT2D eigenvalue weighted by Gasteiger charge is 2.23. The minimum Gasteiger partial charge on any atom is -0.361 e. The van der Waals surface area contributed by atoms with E-state index in [0.717, 1.165) is 27.6 Å². The van der Waals surface area contributed by atoms with Gasteiger partial charge in [0.1, 0.15) is 12.1 Å². The lowest BCUT2D eigenvalue weighted by Gasteiger charge is -2.31. The molecule has 10 heteroatoms. The fourth-order valence-electron chi connectivity index (χ4n) is 3.03. The number of aliphatic imine (C=N–C) groups is 1. The van der Waals surface area contributed by atoms with Gasteiger partial charge in [0, 0.05) is 25.8 Å². The predicted molar refractivity (Wildman–Crippen MR) is 123 cm³/mol. The Labute approximate surface area is 183 Å². The van der Waals surface area contributed by atoms with Crippen molar-refractivity contribution in [3.05, 3.63) is 44.9 Å². The van der Waals surface area contributed by atoms with Crippen molar-refractivity contribution in [1.82, 2.24) is 20.2 Å². The molecule has 2 aromatic rings. The molecule has 1 saturated heterocycles. The largest absolute Gasteiger partial charge is 0.361 e. The standard InChI is InChI=1S/C20H24N6O2S2/c1-13-19(30-14(2)25-13)17(21-3)11-29-12-24-18-5-4-15(8-23-18)20(28)26-7-6-22-16(9-26)10-27/h4-5,8,10-11,16,22H,3,6-7,9,12H2,1-2H3,(H,23,24)/b17-11-. The monoisotopic (exact) mass is 444 g/mol. The van der Waals surface area contributed by atoms with E-state index in [1.54, 1.807) is 46.3 Å². The van der Waals surface area contributed by atoms with Crippen molar-refractivity contribution in [2.24, 2.45) is 4.99 Å². The molecule has 0 saturated carbocycles. The number of hydrogen-bond donors (Lipinski definition) is 2. The molecule has 8 nitrogen and oxygen atoms in total. The third kappa shape index (κ3) is 5.53. The van der Waals surface area contributed by atoms with Gasteiger partial charge in [0.2, 0.25) is 0 Å². The highest BCUT2D eigenvalue weighted by atomic mass is 32.2. The fourth-order valence-corrected chi connectivity index (χ4v) is 4.67. The number of piperazine rings is 1. The molecule has 30 heavy (non-hydrogen) atoms. The first kappa shape index (κ1) is 22.1. The molecule has 1 aliphatic rings. The minimum atomic E-state index is -0.311. The number of carbonyl (C=O) groups excluding carboxylic acids is 2. The van der Waals surface area contributed by atoms with Crippen LogP contribution in [0.25, 0.3) is 5.70 Å². The number of aryl methyl sites for hydroxylation is 2. The molecular formula is C20H24N6O2S2. The van der Waals surface area contributed by atoms with E-state index in [0.29, 0.717) is 36.9 Å². The second-order valence-corrected chi connectivity index (χ2v) is 8.74. The second kappa shape index (κ2) is 10.5. The van der Waals surface area contributed by atoms with Crippen molar-refractivity contribution >= 4 is 53.5 Å². The summed E-state index contributed by atoms with van der Waals surface area (Å²) in [6.45, 7) is 9.15. The lowest BCUT2D eigenvalue weighted by atomic mass is 10.2. The average molecular weight is 445 g/mol. The van der Waals surface area contributed by atoms with Gasteiger partial charge in [-0.2, -0.15) is 0 Å². The Hall–Kier alpha value is -2.56. The van der Waals surface area contributed by atoms with Crippen molar-refractivity contribution in [3.8, 4) is 0 Å². The Balaban J connectivity index is 1.53. The summed E-state index contributed by atoms with van der Waals surface area (Å²) in [6, 6.07) is 3.21. The number of nitrogens with one attached hydrogen (secondary N) is 2. The van der Waals surface area contributed by atoms with Crippen molar-refractivity contribution < 1.29 is 9.59 Å². The summed E-state index contributed by atoms with van der Waals surface area (Å²) in [6.07, 6.45) is 2.39. The highest BCUT2D eigenvalue weighted by Crippen LogP contribution is 2.28. The van der Waals surface area contributed by atoms with E-state index in [1.807, 2.05) is 19.3 Å². The molecule has 3 heterocycles. The fraction of sp³-hybridized carbons (Fsp3) is 0.350. The molecule has 0 bridgehead atoms. The maximum absolute atomic E-state index is 12.6. The highest BCUT2D eigenvalue weighted by molar-refractivity contribution is 8.02. The number of pyridine rings is 1. The molecule has 1 aliphatic heterocycles. The van der Waals surface area contributed by atoms with Crippen molar-refractivity contribution in [3.63, 3.8) is 0 Å². The molecule has 1 fully saturated rings. The molecule has 0 aliphatic carbocycles. The van der Waals surface area contributed by atoms with Gasteiger partial charge in [-0.25, -0.2) is 9.97 Å². The summed E-state index contributed by atoms with van der Waals surface area (Å²) in [4.78, 5) is 39.1. The van der Waals surface area contributed by atoms with Gasteiger partial charge in [0.15, 0.2) is 0 Å². The summed E-state index contributed by atoms with van der Waals surface area (Å²) >= 11 is 3.15. The molecule has 2 aromatic heterocycles. The zero-order valence-corrected chi connectivity index (χ0v) is 18.6. The van der Waals surface area contributed by atoms with Crippen LogP contribution in [0.3, 0.4) is 0 Å². The molecule has 2 N–H and O–H groups in total. The normalized spacial score (nSPS) is 16.9. The van der Waals surface area contributed by atoms with Crippen LogP contribution in [0.5, 0.6) is 0 Å². The Morgan fingerprint density at radius 1 is 1.50 bits per heavy atom. The van der Waals surface area contributed by atoms with Crippen molar-refractivity contribution in [2.45, 2.75) is 19.9 Å². The molecule has 158 valence electrons. The zero-order chi connectivity index (χ0) is 21.5. The zero-order valence-electron chi connectivity index (χ0n) is 16.9. The molecule has 1 unspecified atom stereocenters. The van der Waals surface area contributed by atoms with E-state index >= 15 is 0 Å². The number of aromatic nitrogens is 2. The number of hydrogen-bond acceptors (Lipinski definition) is 9. The first-order valence-corrected chi connectivity index (χ1v) is 11.3. The van der Waals surface area contributed by atoms with E-state index in [2.05, 4.69) is 32.3 Å². The maximum Gasteiger partial charge on any atom is 0.255 e. The van der Waals surface area contributed by atoms with Gasteiger partial charge in [0.25, 0.3) is 5.91 Å². The molecule has 0 aromatic carbocycles. The molecule has 1 atom stereocenters. The number of aldehydes is 1. The molecule has 1 amide bonds. The van der Waals surface area contributed by atoms with Crippen LogP contribution in [-0.4, -0.2) is 65.3 Å². The van der Waals surface area contributed by atoms with Crippen LogP contribution in [0, 0.1) is 13.8 Å². The Bertz CT molecular complexity index is 941. The Kier molecular flexibility index (Phi) is 7.72. The first-order chi connectivity index (χ1) is 14.5. The number of carbonyl (C=O) groups is 2. The van der Waals surface area contributed by atoms with Gasteiger partial charge in [-0.1, -0.05) is 0 Å². The lowest BCUT2D eigenvalue weighted by Crippen LogP contribution is -2.53. The van der Waals surface area contributed by atoms with Gasteiger partial charge < -0.3 is 20.3 Å². The third-order valence-electron chi connectivity index (χ3n) is 4.51. The maximum atomic E-state index is 12.6. The van der Waals surface area contributed by atoms with Gasteiger partial charge in [-0.15, -0.1) is 23.1 Å². The summed E-state index contributed by atoms with van der Waals surface area (Å²) in [5, 5.41) is 9.22. The Morgan fingerprint density at radius 2 is 2.33 bits per heavy atom. The van der Waals surface area contributed by atoms with E-state index < -0.39 is 0 Å². The smallest absolute Gasteiger partial charge is 0.255 e. The number of amides is 1. The van der Waals surface area contributed by atoms with E-state index in [-0.39, 0.29) is 11.9 Å². The van der Waals surface area contributed by atoms with Crippen LogP contribution in [0.4, 0.5) is 5.82 Å². The number of thioether (sulfide) groups is 1. The minimum absolute atomic E-state index is 0.114. The summed E-state index contributed by atoms with van der Waals surface area (Å²) in [5.74, 6) is 1.16. The van der Waals surface area contributed by atoms with Gasteiger partial charge >= 0.3 is 0 Å². The summed E-state index contributed by atoms with van der Waals surface area (Å²) in [5.41, 5.74) is 2.27. The van der Waals surface area contributed by atoms with Crippen LogP contribution >= 0.6 is 23.1 Å². The topological polar surface area (TPSA) is 99.6 Å². The van der Waals surface area contributed by atoms with Crippen LogP contribution < -0.4 is 10.6 Å². The molecule has 3 rings (SSSR count). The summed E-state index contributed by atoms with van der Waals surface area (Å²) in [7, 11) is 0. The number of thiazole rings is 1. The van der Waals surface area contributed by atoms with Gasteiger partial charge in [0.05, 0.1) is 38.8 Å². The first-order valence-electron chi connectivity index (χ1n) is 9.42. The second-order valence-electron chi connectivity index (χ2n) is 6.68. The SMILES string of the molecule is C=N/C(=C\SCNc1ccc(C(=O)N2CCNC(C=O)C2)cn1)c1sc(C)nc1C. The van der Waals surface area contributed by atoms with Crippen LogP contribution in [0.1, 0.15) is 25.9 Å². The molecular weight excluding hydrogens is 420 g/mol.